The largest absolute Gasteiger partial charge is 0.343 e. The Labute approximate surface area is 113 Å². The second-order valence-corrected chi connectivity index (χ2v) is 4.67. The van der Waals surface area contributed by atoms with Gasteiger partial charge in [-0.15, -0.1) is 0 Å². The van der Waals surface area contributed by atoms with Gasteiger partial charge >= 0.3 is 0 Å². The number of hydrogen-bond acceptors (Lipinski definition) is 4. The summed E-state index contributed by atoms with van der Waals surface area (Å²) in [5.74, 6) is -0.509. The van der Waals surface area contributed by atoms with Crippen molar-refractivity contribution >= 4 is 23.2 Å². The van der Waals surface area contributed by atoms with Crippen LogP contribution in [0, 0.1) is 5.82 Å². The second kappa shape index (κ2) is 4.62. The van der Waals surface area contributed by atoms with Crippen LogP contribution < -0.4 is 4.90 Å². The standard InChI is InChI=1S/C12H9ClFN3O2/c13-8-2-1-3-9(11(8)14)17-5-7(4-10(17)18)12-15-6-19-16-12/h1-3,6-7H,4-5H2. The van der Waals surface area contributed by atoms with Gasteiger partial charge < -0.3 is 9.42 Å². The molecule has 7 heteroatoms. The van der Waals surface area contributed by atoms with Gasteiger partial charge in [0.2, 0.25) is 12.3 Å². The van der Waals surface area contributed by atoms with Gasteiger partial charge in [-0.25, -0.2) is 4.39 Å². The smallest absolute Gasteiger partial charge is 0.227 e. The Kier molecular flexibility index (Phi) is 2.94. The van der Waals surface area contributed by atoms with Crippen LogP contribution in [-0.4, -0.2) is 22.6 Å². The predicted molar refractivity (Wildman–Crippen MR) is 65.4 cm³/mol. The zero-order valence-corrected chi connectivity index (χ0v) is 10.5. The quantitative estimate of drug-likeness (QED) is 0.848. The number of carbonyl (C=O) groups is 1. The Morgan fingerprint density at radius 2 is 2.32 bits per heavy atom. The molecule has 19 heavy (non-hydrogen) atoms. The van der Waals surface area contributed by atoms with Crippen LogP contribution in [0.2, 0.25) is 5.02 Å². The first kappa shape index (κ1) is 12.1. The molecule has 0 saturated carbocycles. The topological polar surface area (TPSA) is 59.2 Å². The van der Waals surface area contributed by atoms with E-state index in [-0.39, 0.29) is 29.0 Å². The lowest BCUT2D eigenvalue weighted by Gasteiger charge is -2.17. The van der Waals surface area contributed by atoms with Crippen molar-refractivity contribution in [3.8, 4) is 0 Å². The molecule has 0 radical (unpaired) electrons. The molecule has 0 aliphatic carbocycles. The minimum absolute atomic E-state index is 0.00619. The summed E-state index contributed by atoms with van der Waals surface area (Å²) in [5.41, 5.74) is 0.184. The molecule has 3 rings (SSSR count). The van der Waals surface area contributed by atoms with Gasteiger partial charge in [0.05, 0.1) is 10.7 Å². The summed E-state index contributed by atoms with van der Waals surface area (Å²) in [7, 11) is 0. The van der Waals surface area contributed by atoms with Gasteiger partial charge in [-0.1, -0.05) is 22.8 Å². The van der Waals surface area contributed by atoms with Crippen molar-refractivity contribution in [2.45, 2.75) is 12.3 Å². The predicted octanol–water partition coefficient (Wildman–Crippen LogP) is 2.38. The van der Waals surface area contributed by atoms with Crippen LogP contribution in [0.1, 0.15) is 18.2 Å². The van der Waals surface area contributed by atoms with Gasteiger partial charge in [0.15, 0.2) is 11.6 Å². The number of rotatable bonds is 2. The van der Waals surface area contributed by atoms with Gasteiger partial charge in [0.1, 0.15) is 0 Å². The van der Waals surface area contributed by atoms with Gasteiger partial charge in [-0.3, -0.25) is 4.79 Å². The van der Waals surface area contributed by atoms with E-state index < -0.39 is 5.82 Å². The number of benzene rings is 1. The summed E-state index contributed by atoms with van der Waals surface area (Å²) in [6, 6.07) is 4.57. The Balaban J connectivity index is 1.90. The van der Waals surface area contributed by atoms with Crippen LogP contribution in [-0.2, 0) is 4.79 Å². The van der Waals surface area contributed by atoms with E-state index in [4.69, 9.17) is 11.6 Å². The monoisotopic (exact) mass is 281 g/mol. The van der Waals surface area contributed by atoms with Crippen molar-refractivity contribution in [1.82, 2.24) is 10.1 Å². The number of halogens is 2. The van der Waals surface area contributed by atoms with Crippen LogP contribution in [0.5, 0.6) is 0 Å². The SMILES string of the molecule is O=C1CC(c2ncon2)CN1c1cccc(Cl)c1F. The van der Waals surface area contributed by atoms with Crippen LogP contribution >= 0.6 is 11.6 Å². The molecule has 1 aromatic carbocycles. The molecular weight excluding hydrogens is 273 g/mol. The van der Waals surface area contributed by atoms with E-state index >= 15 is 0 Å². The van der Waals surface area contributed by atoms with Crippen LogP contribution in [0.25, 0.3) is 0 Å². The number of carbonyl (C=O) groups excluding carboxylic acids is 1. The minimum atomic E-state index is -0.591. The zero-order chi connectivity index (χ0) is 13.4. The highest BCUT2D eigenvalue weighted by Gasteiger charge is 2.35. The number of aromatic nitrogens is 2. The van der Waals surface area contributed by atoms with Crippen molar-refractivity contribution < 1.29 is 13.7 Å². The lowest BCUT2D eigenvalue weighted by Crippen LogP contribution is -2.25. The molecule has 1 saturated heterocycles. The molecule has 1 aliphatic heterocycles. The minimum Gasteiger partial charge on any atom is -0.343 e. The summed E-state index contributed by atoms with van der Waals surface area (Å²) in [6.45, 7) is 0.315. The molecule has 1 atom stereocenters. The fourth-order valence-corrected chi connectivity index (χ4v) is 2.34. The number of nitrogens with zero attached hydrogens (tertiary/aromatic N) is 3. The van der Waals surface area contributed by atoms with E-state index in [0.29, 0.717) is 12.4 Å². The molecule has 2 heterocycles. The maximum atomic E-state index is 13.9. The normalized spacial score (nSPS) is 19.2. The average Bonchev–Trinajstić information content (AvgIpc) is 3.02. The first-order valence-electron chi connectivity index (χ1n) is 5.67. The molecular formula is C12H9ClFN3O2. The summed E-state index contributed by atoms with van der Waals surface area (Å²) >= 11 is 5.72. The third-order valence-electron chi connectivity index (χ3n) is 3.09. The van der Waals surface area contributed by atoms with Gasteiger partial charge in [-0.05, 0) is 12.1 Å². The molecule has 0 spiro atoms. The molecule has 2 aromatic rings. The maximum absolute atomic E-state index is 13.9. The highest BCUT2D eigenvalue weighted by molar-refractivity contribution is 6.31. The Bertz CT molecular complexity index is 617. The molecule has 1 unspecified atom stereocenters. The summed E-state index contributed by atoms with van der Waals surface area (Å²) in [4.78, 5) is 17.3. The summed E-state index contributed by atoms with van der Waals surface area (Å²) < 4.78 is 18.6. The first-order valence-corrected chi connectivity index (χ1v) is 6.05. The highest BCUT2D eigenvalue weighted by atomic mass is 35.5. The number of amides is 1. The van der Waals surface area contributed by atoms with Crippen molar-refractivity contribution in [3.05, 3.63) is 41.3 Å². The molecule has 5 nitrogen and oxygen atoms in total. The summed E-state index contributed by atoms with van der Waals surface area (Å²) in [6.07, 6.45) is 1.44. The Morgan fingerprint density at radius 1 is 1.47 bits per heavy atom. The van der Waals surface area contributed by atoms with E-state index in [1.54, 1.807) is 6.07 Å². The molecule has 0 N–H and O–H groups in total. The average molecular weight is 282 g/mol. The number of anilines is 1. The molecule has 1 amide bonds. The lowest BCUT2D eigenvalue weighted by atomic mass is 10.1. The van der Waals surface area contributed by atoms with Crippen LogP contribution in [0.4, 0.5) is 10.1 Å². The van der Waals surface area contributed by atoms with Gasteiger partial charge in [0.25, 0.3) is 0 Å². The molecule has 1 aliphatic rings. The van der Waals surface area contributed by atoms with Crippen molar-refractivity contribution in [2.24, 2.45) is 0 Å². The van der Waals surface area contributed by atoms with Crippen molar-refractivity contribution in [3.63, 3.8) is 0 Å². The van der Waals surface area contributed by atoms with E-state index in [0.717, 1.165) is 0 Å². The fourth-order valence-electron chi connectivity index (χ4n) is 2.17. The molecule has 1 fully saturated rings. The summed E-state index contributed by atoms with van der Waals surface area (Å²) in [5, 5.41) is 3.71. The molecule has 1 aromatic heterocycles. The van der Waals surface area contributed by atoms with E-state index in [1.165, 1.54) is 23.4 Å². The molecule has 98 valence electrons. The Hall–Kier alpha value is -1.95. The second-order valence-electron chi connectivity index (χ2n) is 4.27. The van der Waals surface area contributed by atoms with Crippen LogP contribution in [0.3, 0.4) is 0 Å². The van der Waals surface area contributed by atoms with Crippen molar-refractivity contribution in [2.75, 3.05) is 11.4 Å². The third-order valence-corrected chi connectivity index (χ3v) is 3.38. The Morgan fingerprint density at radius 3 is 3.05 bits per heavy atom. The van der Waals surface area contributed by atoms with E-state index in [9.17, 15) is 9.18 Å². The lowest BCUT2D eigenvalue weighted by molar-refractivity contribution is -0.117. The zero-order valence-electron chi connectivity index (χ0n) is 9.72. The maximum Gasteiger partial charge on any atom is 0.227 e. The van der Waals surface area contributed by atoms with Gasteiger partial charge in [-0.2, -0.15) is 4.98 Å². The van der Waals surface area contributed by atoms with E-state index in [1.807, 2.05) is 0 Å². The van der Waals surface area contributed by atoms with Gasteiger partial charge in [0, 0.05) is 18.9 Å². The highest BCUT2D eigenvalue weighted by Crippen LogP contribution is 2.33. The van der Waals surface area contributed by atoms with Crippen LogP contribution in [0.15, 0.2) is 29.1 Å². The number of hydrogen-bond donors (Lipinski definition) is 0. The third kappa shape index (κ3) is 2.08. The molecule has 0 bridgehead atoms. The van der Waals surface area contributed by atoms with E-state index in [2.05, 4.69) is 14.7 Å². The first-order chi connectivity index (χ1) is 9.16. The fraction of sp³-hybridized carbons (Fsp3) is 0.250. The van der Waals surface area contributed by atoms with Crippen molar-refractivity contribution in [1.29, 1.82) is 0 Å².